The summed E-state index contributed by atoms with van der Waals surface area (Å²) in [5.74, 6) is -2.21. The van der Waals surface area contributed by atoms with Gasteiger partial charge < -0.3 is 9.47 Å². The Morgan fingerprint density at radius 1 is 1.18 bits per heavy atom. The minimum Gasteiger partial charge on any atom is -0.381 e. The second-order valence-electron chi connectivity index (χ2n) is 7.08. The molecule has 3 rings (SSSR count). The lowest BCUT2D eigenvalue weighted by Crippen LogP contribution is -2.53. The molecular weight excluding hydrogens is 388 g/mol. The quantitative estimate of drug-likeness (QED) is 0.527. The molecule has 0 radical (unpaired) electrons. The first kappa shape index (κ1) is 21.2. The Morgan fingerprint density at radius 3 is 2.50 bits per heavy atom. The number of sulfonamides is 1. The third kappa shape index (κ3) is 4.88. The van der Waals surface area contributed by atoms with Crippen molar-refractivity contribution in [2.75, 3.05) is 26.3 Å². The number of hydroxylamine groups is 2. The number of rotatable bonds is 6. The van der Waals surface area contributed by atoms with Crippen LogP contribution in [-0.2, 0) is 30.9 Å². The Kier molecular flexibility index (Phi) is 7.02. The fraction of sp³-hybridized carbons (Fsp3) is 0.611. The van der Waals surface area contributed by atoms with E-state index >= 15 is 0 Å². The number of ether oxygens (including phenoxy) is 2. The molecule has 10 heteroatoms. The predicted octanol–water partition coefficient (Wildman–Crippen LogP) is 1.01. The van der Waals surface area contributed by atoms with Gasteiger partial charge in [0.05, 0.1) is 30.5 Å². The highest BCUT2D eigenvalue weighted by Crippen LogP contribution is 2.28. The molecule has 1 aromatic rings. The van der Waals surface area contributed by atoms with Gasteiger partial charge in [0.15, 0.2) is 0 Å². The molecule has 0 spiro atoms. The predicted molar refractivity (Wildman–Crippen MR) is 97.9 cm³/mol. The molecule has 0 saturated carbocycles. The van der Waals surface area contributed by atoms with Gasteiger partial charge in [-0.05, 0) is 24.8 Å². The summed E-state index contributed by atoms with van der Waals surface area (Å²) in [6.07, 6.45) is 1.25. The van der Waals surface area contributed by atoms with Crippen molar-refractivity contribution in [1.82, 2.24) is 9.53 Å². The fourth-order valence-electron chi connectivity index (χ4n) is 3.69. The van der Waals surface area contributed by atoms with Crippen molar-refractivity contribution in [1.29, 1.82) is 0 Å². The third-order valence-corrected chi connectivity index (χ3v) is 7.69. The molecule has 2 saturated heterocycles. The van der Waals surface area contributed by atoms with E-state index in [2.05, 4.69) is 0 Å². The Balaban J connectivity index is 1.58. The van der Waals surface area contributed by atoms with Gasteiger partial charge in [0, 0.05) is 19.7 Å². The smallest absolute Gasteiger partial charge is 0.279 e. The van der Waals surface area contributed by atoms with Crippen molar-refractivity contribution in [2.24, 2.45) is 5.92 Å². The maximum Gasteiger partial charge on any atom is 0.279 e. The number of amides is 1. The average Bonchev–Trinajstić information content (AvgIpc) is 2.72. The molecule has 2 heterocycles. The Morgan fingerprint density at radius 2 is 1.86 bits per heavy atom. The zero-order chi connectivity index (χ0) is 20.1. The molecular formula is C18H26N2O7S. The average molecular weight is 414 g/mol. The summed E-state index contributed by atoms with van der Waals surface area (Å²) in [7, 11) is -3.78. The minimum absolute atomic E-state index is 0.0239. The second kappa shape index (κ2) is 9.29. The van der Waals surface area contributed by atoms with Crippen molar-refractivity contribution in [3.05, 3.63) is 35.9 Å². The second-order valence-corrected chi connectivity index (χ2v) is 9.23. The van der Waals surface area contributed by atoms with Crippen LogP contribution >= 0.6 is 0 Å². The minimum atomic E-state index is -3.78. The zero-order valence-electron chi connectivity index (χ0n) is 15.5. The van der Waals surface area contributed by atoms with Crippen LogP contribution in [0.2, 0.25) is 0 Å². The lowest BCUT2D eigenvalue weighted by molar-refractivity contribution is -0.289. The number of carbonyl (C=O) groups is 1. The first-order chi connectivity index (χ1) is 13.4. The molecule has 2 fully saturated rings. The largest absolute Gasteiger partial charge is 0.381 e. The van der Waals surface area contributed by atoms with Crippen LogP contribution in [0.3, 0.4) is 0 Å². The monoisotopic (exact) mass is 414 g/mol. The molecule has 28 heavy (non-hydrogen) atoms. The van der Waals surface area contributed by atoms with Crippen LogP contribution in [-0.4, -0.2) is 71.9 Å². The standard InChI is InChI=1S/C18H26N2O7S/c21-18(20(22)23)16-13-26-11-8-17(16)28(24,25)19-9-6-15(7-10-19)27-12-14-4-2-1-3-5-14/h1-5,15-17,22-23H,6-13H2. The van der Waals surface area contributed by atoms with Gasteiger partial charge in [-0.25, -0.2) is 12.7 Å². The molecule has 1 amide bonds. The summed E-state index contributed by atoms with van der Waals surface area (Å²) in [4.78, 5) is 12.0. The van der Waals surface area contributed by atoms with Crippen LogP contribution < -0.4 is 0 Å². The summed E-state index contributed by atoms with van der Waals surface area (Å²) < 4.78 is 38.6. The summed E-state index contributed by atoms with van der Waals surface area (Å²) in [6, 6.07) is 9.79. The van der Waals surface area contributed by atoms with Crippen LogP contribution in [0.1, 0.15) is 24.8 Å². The first-order valence-corrected chi connectivity index (χ1v) is 10.8. The summed E-state index contributed by atoms with van der Waals surface area (Å²) in [5.41, 5.74) is 1.07. The molecule has 1 aromatic carbocycles. The summed E-state index contributed by atoms with van der Waals surface area (Å²) in [6.45, 7) is 1.15. The Labute approximate surface area is 164 Å². The first-order valence-electron chi connectivity index (χ1n) is 9.33. The number of nitrogens with zero attached hydrogens (tertiary/aromatic N) is 2. The molecule has 2 aliphatic heterocycles. The fourth-order valence-corrected chi connectivity index (χ4v) is 5.79. The molecule has 2 atom stereocenters. The SMILES string of the molecule is O=C(C1COCCC1S(=O)(=O)N1CCC(OCc2ccccc2)CC1)N(O)O. The van der Waals surface area contributed by atoms with Gasteiger partial charge in [-0.3, -0.25) is 15.2 Å². The van der Waals surface area contributed by atoms with Crippen LogP contribution in [0.15, 0.2) is 30.3 Å². The Hall–Kier alpha value is -1.56. The number of piperidine rings is 1. The molecule has 2 unspecified atom stereocenters. The third-order valence-electron chi connectivity index (χ3n) is 5.28. The Bertz CT molecular complexity index is 748. The highest BCUT2D eigenvalue weighted by Gasteiger charge is 2.45. The van der Waals surface area contributed by atoms with Crippen LogP contribution in [0.4, 0.5) is 0 Å². The van der Waals surface area contributed by atoms with Crippen molar-refractivity contribution in [2.45, 2.75) is 37.2 Å². The molecule has 2 aliphatic rings. The highest BCUT2D eigenvalue weighted by molar-refractivity contribution is 7.89. The van der Waals surface area contributed by atoms with Gasteiger partial charge in [0.2, 0.25) is 10.0 Å². The van der Waals surface area contributed by atoms with Gasteiger partial charge >= 0.3 is 0 Å². The highest BCUT2D eigenvalue weighted by atomic mass is 32.2. The molecule has 0 aliphatic carbocycles. The van der Waals surface area contributed by atoms with Gasteiger partial charge in [-0.2, -0.15) is 0 Å². The number of hydrogen-bond donors (Lipinski definition) is 2. The van der Waals surface area contributed by atoms with E-state index in [0.29, 0.717) is 32.5 Å². The van der Waals surface area contributed by atoms with E-state index in [9.17, 15) is 13.2 Å². The number of hydrogen-bond acceptors (Lipinski definition) is 7. The number of carbonyl (C=O) groups excluding carboxylic acids is 1. The van der Waals surface area contributed by atoms with Crippen LogP contribution in [0.25, 0.3) is 0 Å². The van der Waals surface area contributed by atoms with Crippen molar-refractivity contribution >= 4 is 15.9 Å². The lowest BCUT2D eigenvalue weighted by atomic mass is 10.0. The molecule has 0 aromatic heterocycles. The number of benzene rings is 1. The van der Waals surface area contributed by atoms with E-state index in [1.54, 1.807) is 0 Å². The van der Waals surface area contributed by atoms with Gasteiger partial charge in [-0.15, -0.1) is 0 Å². The van der Waals surface area contributed by atoms with Crippen LogP contribution in [0, 0.1) is 5.92 Å². The van der Waals surface area contributed by atoms with Gasteiger partial charge in [0.1, 0.15) is 0 Å². The van der Waals surface area contributed by atoms with Crippen molar-refractivity contribution in [3.8, 4) is 0 Å². The topological polar surface area (TPSA) is 117 Å². The summed E-state index contributed by atoms with van der Waals surface area (Å²) >= 11 is 0. The van der Waals surface area contributed by atoms with Gasteiger partial charge in [0.25, 0.3) is 5.91 Å². The van der Waals surface area contributed by atoms with Crippen LogP contribution in [0.5, 0.6) is 0 Å². The van der Waals surface area contributed by atoms with Gasteiger partial charge in [-0.1, -0.05) is 35.6 Å². The maximum absolute atomic E-state index is 13.1. The summed E-state index contributed by atoms with van der Waals surface area (Å²) in [5, 5.41) is 16.4. The normalized spacial score (nSPS) is 24.8. The lowest BCUT2D eigenvalue weighted by Gasteiger charge is -2.37. The molecule has 0 bridgehead atoms. The molecule has 156 valence electrons. The zero-order valence-corrected chi connectivity index (χ0v) is 16.3. The molecule has 9 nitrogen and oxygen atoms in total. The molecule has 2 N–H and O–H groups in total. The van der Waals surface area contributed by atoms with E-state index in [1.807, 2.05) is 30.3 Å². The van der Waals surface area contributed by atoms with E-state index < -0.39 is 32.3 Å². The van der Waals surface area contributed by atoms with E-state index in [-0.39, 0.29) is 25.7 Å². The maximum atomic E-state index is 13.1. The van der Waals surface area contributed by atoms with Crippen molar-refractivity contribution in [3.63, 3.8) is 0 Å². The van der Waals surface area contributed by atoms with E-state index in [4.69, 9.17) is 19.9 Å². The van der Waals surface area contributed by atoms with E-state index in [1.165, 1.54) is 4.31 Å². The van der Waals surface area contributed by atoms with E-state index in [0.717, 1.165) is 5.56 Å². The van der Waals surface area contributed by atoms with Crippen molar-refractivity contribution < 1.29 is 33.1 Å².